The minimum Gasteiger partial charge on any atom is -0.308 e. The summed E-state index contributed by atoms with van der Waals surface area (Å²) in [6.45, 7) is 0. The number of hydrogen-bond acceptors (Lipinski definition) is 1. The van der Waals surface area contributed by atoms with Crippen LogP contribution in [0, 0.1) is 29.1 Å². The molecule has 2 N–H and O–H groups in total. The Morgan fingerprint density at radius 1 is 0.783 bits per heavy atom. The topological polar surface area (TPSA) is 41.1 Å². The minimum atomic E-state index is -2.32. The molecule has 2 aromatic rings. The molecule has 122 valence electrons. The Bertz CT molecular complexity index is 771. The van der Waals surface area contributed by atoms with E-state index in [0.29, 0.717) is 0 Å². The molecule has 0 radical (unpaired) electrons. The van der Waals surface area contributed by atoms with Crippen LogP contribution in [-0.2, 0) is 0 Å². The lowest BCUT2D eigenvalue weighted by atomic mass is 10.2. The summed E-state index contributed by atoms with van der Waals surface area (Å²) in [4.78, 5) is 11.6. The average molecular weight is 371 g/mol. The van der Waals surface area contributed by atoms with Crippen LogP contribution in [0.4, 0.5) is 38.1 Å². The van der Waals surface area contributed by atoms with Crippen LogP contribution in [0.2, 0.25) is 10.0 Å². The van der Waals surface area contributed by atoms with Crippen LogP contribution >= 0.6 is 23.2 Å². The van der Waals surface area contributed by atoms with Gasteiger partial charge in [-0.3, -0.25) is 0 Å². The van der Waals surface area contributed by atoms with Gasteiger partial charge in [-0.25, -0.2) is 26.7 Å². The van der Waals surface area contributed by atoms with Gasteiger partial charge in [0.15, 0.2) is 23.3 Å². The van der Waals surface area contributed by atoms with Gasteiger partial charge in [-0.15, -0.1) is 0 Å². The Labute approximate surface area is 136 Å². The Hall–Kier alpha value is -2.06. The van der Waals surface area contributed by atoms with Crippen molar-refractivity contribution in [1.29, 1.82) is 0 Å². The maximum atomic E-state index is 13.4. The number of carbonyl (C=O) groups is 1. The van der Waals surface area contributed by atoms with Crippen molar-refractivity contribution in [1.82, 2.24) is 0 Å². The van der Waals surface area contributed by atoms with Gasteiger partial charge >= 0.3 is 6.03 Å². The molecule has 2 amide bonds. The van der Waals surface area contributed by atoms with E-state index >= 15 is 0 Å². The first-order valence-electron chi connectivity index (χ1n) is 5.77. The Kier molecular flexibility index (Phi) is 4.96. The molecule has 0 saturated heterocycles. The van der Waals surface area contributed by atoms with Crippen LogP contribution in [-0.4, -0.2) is 6.03 Å². The van der Waals surface area contributed by atoms with Gasteiger partial charge in [-0.2, -0.15) is 0 Å². The molecule has 10 heteroatoms. The van der Waals surface area contributed by atoms with E-state index in [4.69, 9.17) is 23.2 Å². The van der Waals surface area contributed by atoms with E-state index in [-0.39, 0.29) is 15.7 Å². The maximum Gasteiger partial charge on any atom is 0.323 e. The molecule has 0 heterocycles. The first-order chi connectivity index (χ1) is 10.7. The van der Waals surface area contributed by atoms with Gasteiger partial charge in [0, 0.05) is 5.69 Å². The molecule has 0 bridgehead atoms. The fraction of sp³-hybridized carbons (Fsp3) is 0. The third-order valence-electron chi connectivity index (χ3n) is 2.63. The normalized spacial score (nSPS) is 10.6. The zero-order valence-electron chi connectivity index (χ0n) is 10.8. The molecule has 0 atom stereocenters. The number of nitrogens with one attached hydrogen (secondary N) is 2. The van der Waals surface area contributed by atoms with E-state index in [9.17, 15) is 26.7 Å². The predicted molar refractivity (Wildman–Crippen MR) is 75.3 cm³/mol. The lowest BCUT2D eigenvalue weighted by molar-refractivity contribution is 0.261. The molecule has 23 heavy (non-hydrogen) atoms. The molecule has 0 aliphatic heterocycles. The van der Waals surface area contributed by atoms with Gasteiger partial charge in [0.2, 0.25) is 5.82 Å². The average Bonchev–Trinajstić information content (AvgIpc) is 2.51. The van der Waals surface area contributed by atoms with Crippen LogP contribution in [0.5, 0.6) is 0 Å². The van der Waals surface area contributed by atoms with Crippen molar-refractivity contribution in [2.45, 2.75) is 0 Å². The number of benzene rings is 2. The molecule has 0 aliphatic rings. The number of amides is 2. The number of anilines is 2. The summed E-state index contributed by atoms with van der Waals surface area (Å²) in [7, 11) is 0. The number of halogens is 7. The summed E-state index contributed by atoms with van der Waals surface area (Å²) in [5.41, 5.74) is -1.39. The van der Waals surface area contributed by atoms with Crippen molar-refractivity contribution in [3.63, 3.8) is 0 Å². The number of carbonyl (C=O) groups excluding carboxylic acids is 1. The van der Waals surface area contributed by atoms with Crippen molar-refractivity contribution in [3.8, 4) is 0 Å². The van der Waals surface area contributed by atoms with Crippen molar-refractivity contribution in [2.75, 3.05) is 10.6 Å². The summed E-state index contributed by atoms with van der Waals surface area (Å²) >= 11 is 11.4. The lowest BCUT2D eigenvalue weighted by Gasteiger charge is -2.11. The summed E-state index contributed by atoms with van der Waals surface area (Å²) < 4.78 is 65.7. The van der Waals surface area contributed by atoms with E-state index in [1.165, 1.54) is 18.2 Å². The van der Waals surface area contributed by atoms with Gasteiger partial charge < -0.3 is 10.6 Å². The summed E-state index contributed by atoms with van der Waals surface area (Å²) in [6, 6.07) is 2.62. The van der Waals surface area contributed by atoms with Crippen LogP contribution < -0.4 is 10.6 Å². The second-order valence-electron chi connectivity index (χ2n) is 4.15. The standard InChI is InChI=1S/C13H5Cl2F5N2O/c14-5-2-1-4(3-6(5)15)21-13(23)22-12-10(19)8(17)7(16)9(18)11(12)20/h1-3H,(H2,21,22,23). The largest absolute Gasteiger partial charge is 0.323 e. The fourth-order valence-electron chi connectivity index (χ4n) is 1.56. The van der Waals surface area contributed by atoms with Crippen LogP contribution in [0.15, 0.2) is 18.2 Å². The smallest absolute Gasteiger partial charge is 0.308 e. The molecule has 2 aromatic carbocycles. The third kappa shape index (κ3) is 3.48. The SMILES string of the molecule is O=C(Nc1ccc(Cl)c(Cl)c1)Nc1c(F)c(F)c(F)c(F)c1F. The fourth-order valence-corrected chi connectivity index (χ4v) is 1.86. The van der Waals surface area contributed by atoms with E-state index in [0.717, 1.165) is 0 Å². The lowest BCUT2D eigenvalue weighted by Crippen LogP contribution is -2.22. The summed E-state index contributed by atoms with van der Waals surface area (Å²) in [5.74, 6) is -11.0. The van der Waals surface area contributed by atoms with Gasteiger partial charge in [0.25, 0.3) is 0 Å². The number of hydrogen-bond donors (Lipinski definition) is 2. The van der Waals surface area contributed by atoms with Gasteiger partial charge in [0.1, 0.15) is 5.69 Å². The molecular formula is C13H5Cl2F5N2O. The molecule has 2 rings (SSSR count). The monoisotopic (exact) mass is 370 g/mol. The highest BCUT2D eigenvalue weighted by Gasteiger charge is 2.26. The van der Waals surface area contributed by atoms with Crippen molar-refractivity contribution in [3.05, 3.63) is 57.3 Å². The molecule has 0 spiro atoms. The quantitative estimate of drug-likeness (QED) is 0.418. The first kappa shape index (κ1) is 17.3. The third-order valence-corrected chi connectivity index (χ3v) is 3.36. The van der Waals surface area contributed by atoms with Crippen molar-refractivity contribution >= 4 is 40.6 Å². The highest BCUT2D eigenvalue weighted by Crippen LogP contribution is 2.28. The van der Waals surface area contributed by atoms with Gasteiger partial charge in [0.05, 0.1) is 10.0 Å². The molecule has 0 saturated carbocycles. The van der Waals surface area contributed by atoms with Gasteiger partial charge in [-0.1, -0.05) is 23.2 Å². The van der Waals surface area contributed by atoms with E-state index < -0.39 is 40.8 Å². The van der Waals surface area contributed by atoms with Crippen molar-refractivity contribution in [2.24, 2.45) is 0 Å². The van der Waals surface area contributed by atoms with Gasteiger partial charge in [-0.05, 0) is 18.2 Å². The van der Waals surface area contributed by atoms with Crippen LogP contribution in [0.25, 0.3) is 0 Å². The van der Waals surface area contributed by atoms with E-state index in [1.807, 2.05) is 0 Å². The second-order valence-corrected chi connectivity index (χ2v) is 4.97. The molecule has 0 aliphatic carbocycles. The molecule has 0 aromatic heterocycles. The Morgan fingerprint density at radius 2 is 1.30 bits per heavy atom. The second kappa shape index (κ2) is 6.59. The maximum absolute atomic E-state index is 13.4. The number of urea groups is 1. The zero-order chi connectivity index (χ0) is 17.3. The van der Waals surface area contributed by atoms with E-state index in [2.05, 4.69) is 5.32 Å². The Morgan fingerprint density at radius 3 is 1.83 bits per heavy atom. The van der Waals surface area contributed by atoms with Crippen molar-refractivity contribution < 1.29 is 26.7 Å². The predicted octanol–water partition coefficient (Wildman–Crippen LogP) is 5.33. The Balaban J connectivity index is 2.25. The first-order valence-corrected chi connectivity index (χ1v) is 6.52. The molecule has 3 nitrogen and oxygen atoms in total. The molecular weight excluding hydrogens is 366 g/mol. The van der Waals surface area contributed by atoms with Crippen LogP contribution in [0.1, 0.15) is 0 Å². The summed E-state index contributed by atoms with van der Waals surface area (Å²) in [5, 5.41) is 3.92. The zero-order valence-corrected chi connectivity index (χ0v) is 12.3. The highest BCUT2D eigenvalue weighted by atomic mass is 35.5. The molecule has 0 unspecified atom stereocenters. The summed E-state index contributed by atoms with van der Waals surface area (Å²) in [6.07, 6.45) is 0. The van der Waals surface area contributed by atoms with E-state index in [1.54, 1.807) is 5.32 Å². The highest BCUT2D eigenvalue weighted by molar-refractivity contribution is 6.42. The molecule has 0 fully saturated rings. The number of rotatable bonds is 2. The van der Waals surface area contributed by atoms with Crippen LogP contribution in [0.3, 0.4) is 0 Å². The minimum absolute atomic E-state index is 0.0840.